The summed E-state index contributed by atoms with van der Waals surface area (Å²) in [4.78, 5) is 28.1. The zero-order valence-corrected chi connectivity index (χ0v) is 20.6. The van der Waals surface area contributed by atoms with Crippen molar-refractivity contribution in [1.82, 2.24) is 10.2 Å². The topological polar surface area (TPSA) is 110 Å². The Labute approximate surface area is 207 Å². The van der Waals surface area contributed by atoms with Gasteiger partial charge in [-0.3, -0.25) is 9.59 Å². The lowest BCUT2D eigenvalue weighted by Gasteiger charge is -2.31. The van der Waals surface area contributed by atoms with Crippen molar-refractivity contribution in [3.05, 3.63) is 64.2 Å². The number of nitrogens with two attached hydrogens (primary N) is 1. The molecule has 1 saturated carbocycles. The zero-order chi connectivity index (χ0) is 25.5. The second-order valence-electron chi connectivity index (χ2n) is 9.05. The summed E-state index contributed by atoms with van der Waals surface area (Å²) in [6, 6.07) is 5.44. The van der Waals surface area contributed by atoms with E-state index < -0.39 is 45.6 Å². The first-order valence-electron chi connectivity index (χ1n) is 11.4. The third kappa shape index (κ3) is 5.34. The maximum atomic E-state index is 14.6. The van der Waals surface area contributed by atoms with Gasteiger partial charge in [0, 0.05) is 17.2 Å². The largest absolute Gasteiger partial charge is 0.347 e. The molecule has 0 aromatic heterocycles. The first kappa shape index (κ1) is 25.5. The molecule has 4 rings (SSSR count). The molecule has 0 spiro atoms. The molecule has 1 unspecified atom stereocenters. The van der Waals surface area contributed by atoms with Crippen LogP contribution in [0.4, 0.5) is 8.78 Å². The highest BCUT2D eigenvalue weighted by molar-refractivity contribution is 7.89. The van der Waals surface area contributed by atoms with E-state index in [2.05, 4.69) is 5.32 Å². The second kappa shape index (κ2) is 9.83. The van der Waals surface area contributed by atoms with Crippen molar-refractivity contribution in [2.75, 3.05) is 0 Å². The van der Waals surface area contributed by atoms with Gasteiger partial charge in [0.2, 0.25) is 15.9 Å². The van der Waals surface area contributed by atoms with Crippen molar-refractivity contribution >= 4 is 33.4 Å². The fraction of sp³-hybridized carbons (Fsp3) is 0.417. The molecule has 2 fully saturated rings. The molecule has 3 atom stereocenters. The molecule has 2 aromatic carbocycles. The number of halogens is 3. The third-order valence-corrected chi connectivity index (χ3v) is 7.89. The molecule has 1 aliphatic carbocycles. The van der Waals surface area contributed by atoms with Gasteiger partial charge in [-0.25, -0.2) is 22.3 Å². The Morgan fingerprint density at radius 1 is 1.14 bits per heavy atom. The monoisotopic (exact) mass is 525 g/mol. The van der Waals surface area contributed by atoms with Gasteiger partial charge in [0.25, 0.3) is 5.91 Å². The Hall–Kier alpha value is -2.56. The zero-order valence-electron chi connectivity index (χ0n) is 19.0. The van der Waals surface area contributed by atoms with Crippen LogP contribution in [0, 0.1) is 17.6 Å². The lowest BCUT2D eigenvalue weighted by molar-refractivity contribution is -0.126. The Morgan fingerprint density at radius 2 is 1.86 bits per heavy atom. The fourth-order valence-electron chi connectivity index (χ4n) is 4.71. The van der Waals surface area contributed by atoms with Crippen LogP contribution in [0.1, 0.15) is 61.0 Å². The van der Waals surface area contributed by atoms with E-state index in [9.17, 15) is 26.8 Å². The summed E-state index contributed by atoms with van der Waals surface area (Å²) in [5.41, 5.74) is 0.116. The summed E-state index contributed by atoms with van der Waals surface area (Å²) in [7, 11) is -4.02. The first-order valence-corrected chi connectivity index (χ1v) is 13.3. The Morgan fingerprint density at radius 3 is 2.49 bits per heavy atom. The summed E-state index contributed by atoms with van der Waals surface area (Å²) >= 11 is 5.69. The number of nitrogens with one attached hydrogen (secondary N) is 1. The maximum Gasteiger partial charge on any atom is 0.254 e. The smallest absolute Gasteiger partial charge is 0.254 e. The minimum Gasteiger partial charge on any atom is -0.347 e. The van der Waals surface area contributed by atoms with E-state index in [0.717, 1.165) is 25.0 Å². The average Bonchev–Trinajstić information content (AvgIpc) is 3.56. The Balaban J connectivity index is 1.61. The van der Waals surface area contributed by atoms with Crippen molar-refractivity contribution in [2.24, 2.45) is 11.1 Å². The molecular formula is C24H26ClF2N3O4S. The van der Waals surface area contributed by atoms with Crippen LogP contribution >= 0.6 is 11.6 Å². The van der Waals surface area contributed by atoms with Crippen molar-refractivity contribution in [1.29, 1.82) is 0 Å². The number of hydrogen-bond donors (Lipinski definition) is 2. The average molecular weight is 526 g/mol. The Kier molecular flexibility index (Phi) is 7.17. The number of primary sulfonamides is 1. The van der Waals surface area contributed by atoms with Crippen LogP contribution in [-0.4, -0.2) is 37.2 Å². The number of carbonyl (C=O) groups excluding carboxylic acids is 2. The molecule has 1 saturated heterocycles. The highest BCUT2D eigenvalue weighted by Gasteiger charge is 2.43. The molecule has 0 bridgehead atoms. The van der Waals surface area contributed by atoms with Crippen molar-refractivity contribution in [3.63, 3.8) is 0 Å². The molecular weight excluding hydrogens is 500 g/mol. The minimum atomic E-state index is -4.02. The maximum absolute atomic E-state index is 14.6. The van der Waals surface area contributed by atoms with Gasteiger partial charge in [0.1, 0.15) is 17.7 Å². The van der Waals surface area contributed by atoms with Gasteiger partial charge >= 0.3 is 0 Å². The summed E-state index contributed by atoms with van der Waals surface area (Å²) in [5, 5.41) is 7.70. The number of hydrogen-bond acceptors (Lipinski definition) is 4. The van der Waals surface area contributed by atoms with E-state index in [1.807, 2.05) is 6.92 Å². The highest BCUT2D eigenvalue weighted by atomic mass is 35.5. The molecule has 1 aliphatic heterocycles. The molecule has 2 amide bonds. The predicted octanol–water partition coefficient (Wildman–Crippen LogP) is 3.92. The van der Waals surface area contributed by atoms with E-state index in [4.69, 9.17) is 16.7 Å². The minimum absolute atomic E-state index is 0.0199. The summed E-state index contributed by atoms with van der Waals surface area (Å²) in [6.07, 6.45) is 3.06. The van der Waals surface area contributed by atoms with Crippen LogP contribution in [0.5, 0.6) is 0 Å². The van der Waals surface area contributed by atoms with Crippen molar-refractivity contribution in [3.8, 4) is 0 Å². The Bertz CT molecular complexity index is 1270. The van der Waals surface area contributed by atoms with E-state index in [0.29, 0.717) is 19.3 Å². The van der Waals surface area contributed by atoms with Crippen molar-refractivity contribution < 1.29 is 26.8 Å². The highest BCUT2D eigenvalue weighted by Crippen LogP contribution is 2.43. The summed E-state index contributed by atoms with van der Waals surface area (Å²) in [5.74, 6) is -2.50. The van der Waals surface area contributed by atoms with Gasteiger partial charge < -0.3 is 10.2 Å². The lowest BCUT2D eigenvalue weighted by Crippen LogP contribution is -2.49. The molecule has 0 radical (unpaired) electrons. The van der Waals surface area contributed by atoms with E-state index >= 15 is 0 Å². The number of sulfonamides is 1. The SMILES string of the molecule is CC[C@@H]1CC[C@H](C(=O)NC(c2cc(F)c(Cl)cc2F)C2CC2)N1C(=O)c1cccc(S(N)(=O)=O)c1. The standard InChI is InChI=1S/C24H26ClF2N3O4S/c1-2-15-8-9-21(30(15)24(32)14-4-3-5-16(10-14)35(28,33)34)23(31)29-22(13-6-7-13)17-11-20(27)18(25)12-19(17)26/h3-5,10-13,15,21-22H,2,6-9H2,1H3,(H,29,31)(H2,28,33,34)/t15-,21-,22?/m1/s1. The van der Waals surface area contributed by atoms with E-state index in [1.165, 1.54) is 29.2 Å². The molecule has 188 valence electrons. The molecule has 2 aliphatic rings. The third-order valence-electron chi connectivity index (χ3n) is 6.69. The number of likely N-dealkylation sites (tertiary alicyclic amines) is 1. The predicted molar refractivity (Wildman–Crippen MR) is 126 cm³/mol. The van der Waals surface area contributed by atoms with Gasteiger partial charge in [-0.15, -0.1) is 0 Å². The number of carbonyl (C=O) groups is 2. The van der Waals surface area contributed by atoms with Gasteiger partial charge in [-0.2, -0.15) is 0 Å². The fourth-order valence-corrected chi connectivity index (χ4v) is 5.42. The number of nitrogens with zero attached hydrogens (tertiary/aromatic N) is 1. The van der Waals surface area contributed by atoms with Gasteiger partial charge in [0.05, 0.1) is 16.0 Å². The van der Waals surface area contributed by atoms with Gasteiger partial charge in [-0.1, -0.05) is 24.6 Å². The van der Waals surface area contributed by atoms with Crippen LogP contribution in [0.15, 0.2) is 41.3 Å². The molecule has 3 N–H and O–H groups in total. The number of amides is 2. The number of benzene rings is 2. The quantitative estimate of drug-likeness (QED) is 0.534. The van der Waals surface area contributed by atoms with Gasteiger partial charge in [-0.05, 0) is 68.4 Å². The first-order chi connectivity index (χ1) is 16.5. The van der Waals surface area contributed by atoms with Crippen LogP contribution in [0.2, 0.25) is 5.02 Å². The number of rotatable bonds is 7. The summed E-state index contributed by atoms with van der Waals surface area (Å²) in [6.45, 7) is 1.89. The van der Waals surface area contributed by atoms with Crippen molar-refractivity contribution in [2.45, 2.75) is 62.0 Å². The lowest BCUT2D eigenvalue weighted by atomic mass is 10.0. The van der Waals surface area contributed by atoms with Crippen LogP contribution in [0.25, 0.3) is 0 Å². The van der Waals surface area contributed by atoms with Gasteiger partial charge in [0.15, 0.2) is 0 Å². The van der Waals surface area contributed by atoms with Crippen LogP contribution in [-0.2, 0) is 14.8 Å². The van der Waals surface area contributed by atoms with E-state index in [1.54, 1.807) is 0 Å². The normalized spacial score (nSPS) is 21.1. The molecule has 7 nitrogen and oxygen atoms in total. The summed E-state index contributed by atoms with van der Waals surface area (Å²) < 4.78 is 52.2. The molecule has 35 heavy (non-hydrogen) atoms. The van der Waals surface area contributed by atoms with Crippen LogP contribution < -0.4 is 10.5 Å². The second-order valence-corrected chi connectivity index (χ2v) is 11.0. The van der Waals surface area contributed by atoms with Crippen LogP contribution in [0.3, 0.4) is 0 Å². The van der Waals surface area contributed by atoms with E-state index in [-0.39, 0.29) is 33.0 Å². The molecule has 1 heterocycles. The molecule has 2 aromatic rings. The molecule has 11 heteroatoms.